The van der Waals surface area contributed by atoms with E-state index in [0.717, 1.165) is 4.90 Å². The first kappa shape index (κ1) is 16.0. The molecule has 0 aliphatic carbocycles. The molecule has 0 spiro atoms. The zero-order valence-electron chi connectivity index (χ0n) is 13.2. The second kappa shape index (κ2) is 6.60. The molecule has 6 heteroatoms. The molecule has 1 aromatic carbocycles. The van der Waals surface area contributed by atoms with Gasteiger partial charge >= 0.3 is 6.03 Å². The second-order valence-corrected chi connectivity index (χ2v) is 5.23. The molecule has 1 atom stereocenters. The summed E-state index contributed by atoms with van der Waals surface area (Å²) in [5, 5.41) is 0. The van der Waals surface area contributed by atoms with Gasteiger partial charge in [0.2, 0.25) is 0 Å². The summed E-state index contributed by atoms with van der Waals surface area (Å²) >= 11 is 0. The van der Waals surface area contributed by atoms with Crippen LogP contribution in [0.5, 0.6) is 0 Å². The normalized spacial score (nSPS) is 16.1. The van der Waals surface area contributed by atoms with Crippen LogP contribution in [0.4, 0.5) is 4.79 Å². The summed E-state index contributed by atoms with van der Waals surface area (Å²) in [4.78, 5) is 41.4. The Morgan fingerprint density at radius 2 is 1.77 bits per heavy atom. The third kappa shape index (κ3) is 2.81. The maximum absolute atomic E-state index is 12.9. The zero-order chi connectivity index (χ0) is 16.3. The van der Waals surface area contributed by atoms with E-state index in [9.17, 15) is 14.4 Å². The standard InChI is InChI=1S/C16H21N3O3/c1-4-18(5-2)15(21)14(12-9-7-6-8-10-12)19-13(20)11-17(3)16(19)22/h6-10,14H,4-5,11H2,1-3H3/t14-/m0/s1. The smallest absolute Gasteiger partial charge is 0.327 e. The summed E-state index contributed by atoms with van der Waals surface area (Å²) in [6, 6.07) is 7.64. The van der Waals surface area contributed by atoms with E-state index in [1.54, 1.807) is 36.2 Å². The van der Waals surface area contributed by atoms with Crippen molar-refractivity contribution in [3.05, 3.63) is 35.9 Å². The molecule has 1 aliphatic rings. The van der Waals surface area contributed by atoms with Gasteiger partial charge in [-0.25, -0.2) is 9.69 Å². The van der Waals surface area contributed by atoms with Crippen molar-refractivity contribution in [2.45, 2.75) is 19.9 Å². The van der Waals surface area contributed by atoms with Crippen molar-refractivity contribution in [2.24, 2.45) is 0 Å². The quantitative estimate of drug-likeness (QED) is 0.774. The highest BCUT2D eigenvalue weighted by atomic mass is 16.2. The first-order chi connectivity index (χ1) is 10.5. The highest BCUT2D eigenvalue weighted by Crippen LogP contribution is 2.27. The third-order valence-corrected chi connectivity index (χ3v) is 3.86. The molecule has 0 N–H and O–H groups in total. The molecule has 0 unspecified atom stereocenters. The number of likely N-dealkylation sites (N-methyl/N-ethyl adjacent to an activating group) is 2. The molecule has 1 aromatic rings. The fourth-order valence-electron chi connectivity index (χ4n) is 2.64. The van der Waals surface area contributed by atoms with E-state index >= 15 is 0 Å². The minimum Gasteiger partial charge on any atom is -0.341 e. The molecule has 2 rings (SSSR count). The van der Waals surface area contributed by atoms with Gasteiger partial charge in [-0.15, -0.1) is 0 Å². The van der Waals surface area contributed by atoms with Crippen LogP contribution in [0.1, 0.15) is 25.5 Å². The first-order valence-electron chi connectivity index (χ1n) is 7.42. The molecule has 4 amide bonds. The molecule has 1 saturated heterocycles. The second-order valence-electron chi connectivity index (χ2n) is 5.23. The van der Waals surface area contributed by atoms with Crippen LogP contribution in [-0.4, -0.2) is 59.2 Å². The Morgan fingerprint density at radius 1 is 1.18 bits per heavy atom. The Balaban J connectivity index is 2.45. The van der Waals surface area contributed by atoms with Crippen LogP contribution in [0.25, 0.3) is 0 Å². The molecular formula is C16H21N3O3. The van der Waals surface area contributed by atoms with Gasteiger partial charge in [-0.05, 0) is 19.4 Å². The van der Waals surface area contributed by atoms with E-state index in [0.29, 0.717) is 18.7 Å². The van der Waals surface area contributed by atoms with Crippen LogP contribution >= 0.6 is 0 Å². The topological polar surface area (TPSA) is 60.9 Å². The lowest BCUT2D eigenvalue weighted by molar-refractivity contribution is -0.141. The minimum absolute atomic E-state index is 0.00764. The van der Waals surface area contributed by atoms with Crippen LogP contribution in [-0.2, 0) is 9.59 Å². The van der Waals surface area contributed by atoms with E-state index in [4.69, 9.17) is 0 Å². The minimum atomic E-state index is -0.897. The molecule has 1 aliphatic heterocycles. The van der Waals surface area contributed by atoms with Gasteiger partial charge < -0.3 is 9.80 Å². The van der Waals surface area contributed by atoms with Crippen LogP contribution in [0.2, 0.25) is 0 Å². The van der Waals surface area contributed by atoms with Crippen molar-refractivity contribution in [1.29, 1.82) is 0 Å². The lowest BCUT2D eigenvalue weighted by atomic mass is 10.0. The van der Waals surface area contributed by atoms with E-state index in [2.05, 4.69) is 0 Å². The molecule has 1 fully saturated rings. The van der Waals surface area contributed by atoms with E-state index in [1.165, 1.54) is 4.90 Å². The van der Waals surface area contributed by atoms with Crippen LogP contribution in [0, 0.1) is 0 Å². The summed E-state index contributed by atoms with van der Waals surface area (Å²) in [5.41, 5.74) is 0.649. The maximum Gasteiger partial charge on any atom is 0.327 e. The van der Waals surface area contributed by atoms with Crippen LogP contribution < -0.4 is 0 Å². The number of rotatable bonds is 5. The van der Waals surface area contributed by atoms with Crippen molar-refractivity contribution >= 4 is 17.8 Å². The molecule has 0 aromatic heterocycles. The van der Waals surface area contributed by atoms with E-state index in [1.807, 2.05) is 19.9 Å². The Kier molecular flexibility index (Phi) is 4.80. The maximum atomic E-state index is 12.9. The molecule has 118 valence electrons. The zero-order valence-corrected chi connectivity index (χ0v) is 13.2. The van der Waals surface area contributed by atoms with Crippen molar-refractivity contribution < 1.29 is 14.4 Å². The summed E-state index contributed by atoms with van der Waals surface area (Å²) in [7, 11) is 1.56. The number of benzene rings is 1. The number of nitrogens with zero attached hydrogens (tertiary/aromatic N) is 3. The van der Waals surface area contributed by atoms with Crippen LogP contribution in [0.3, 0.4) is 0 Å². The molecule has 6 nitrogen and oxygen atoms in total. The highest BCUT2D eigenvalue weighted by Gasteiger charge is 2.43. The monoisotopic (exact) mass is 303 g/mol. The van der Waals surface area contributed by atoms with E-state index < -0.39 is 12.1 Å². The van der Waals surface area contributed by atoms with Gasteiger partial charge in [0.05, 0.1) is 0 Å². The Labute approximate surface area is 130 Å². The number of hydrogen-bond acceptors (Lipinski definition) is 3. The number of carbonyl (C=O) groups is 3. The number of hydrogen-bond donors (Lipinski definition) is 0. The van der Waals surface area contributed by atoms with Gasteiger partial charge in [-0.2, -0.15) is 0 Å². The van der Waals surface area contributed by atoms with Gasteiger partial charge in [0, 0.05) is 20.1 Å². The van der Waals surface area contributed by atoms with Crippen molar-refractivity contribution in [3.8, 4) is 0 Å². The van der Waals surface area contributed by atoms with Gasteiger partial charge in [0.1, 0.15) is 12.6 Å². The fourth-order valence-corrected chi connectivity index (χ4v) is 2.64. The van der Waals surface area contributed by atoms with Gasteiger partial charge in [-0.3, -0.25) is 9.59 Å². The number of amides is 4. The Bertz CT molecular complexity index is 569. The molecule has 1 heterocycles. The SMILES string of the molecule is CCN(CC)C(=O)[C@H](c1ccccc1)N1C(=O)CN(C)C1=O. The first-order valence-corrected chi connectivity index (χ1v) is 7.42. The summed E-state index contributed by atoms with van der Waals surface area (Å²) in [6.45, 7) is 4.83. The summed E-state index contributed by atoms with van der Waals surface area (Å²) in [5.74, 6) is -0.574. The molecule has 0 radical (unpaired) electrons. The average molecular weight is 303 g/mol. The predicted molar refractivity (Wildman–Crippen MR) is 82.0 cm³/mol. The predicted octanol–water partition coefficient (Wildman–Crippen LogP) is 1.49. The third-order valence-electron chi connectivity index (χ3n) is 3.86. The lowest BCUT2D eigenvalue weighted by Crippen LogP contribution is -2.45. The van der Waals surface area contributed by atoms with E-state index in [-0.39, 0.29) is 18.4 Å². The fraction of sp³-hybridized carbons (Fsp3) is 0.438. The molecule has 0 saturated carbocycles. The highest BCUT2D eigenvalue weighted by molar-refractivity contribution is 6.05. The van der Waals surface area contributed by atoms with Crippen molar-refractivity contribution in [3.63, 3.8) is 0 Å². The molecule has 22 heavy (non-hydrogen) atoms. The van der Waals surface area contributed by atoms with Crippen molar-refractivity contribution in [1.82, 2.24) is 14.7 Å². The Morgan fingerprint density at radius 3 is 2.23 bits per heavy atom. The van der Waals surface area contributed by atoms with Gasteiger partial charge in [0.15, 0.2) is 0 Å². The molecular weight excluding hydrogens is 282 g/mol. The number of imide groups is 1. The lowest BCUT2D eigenvalue weighted by Gasteiger charge is -2.30. The Hall–Kier alpha value is -2.37. The molecule has 0 bridgehead atoms. The largest absolute Gasteiger partial charge is 0.341 e. The van der Waals surface area contributed by atoms with Gasteiger partial charge in [0.25, 0.3) is 11.8 Å². The summed E-state index contributed by atoms with van der Waals surface area (Å²) < 4.78 is 0. The number of carbonyl (C=O) groups excluding carboxylic acids is 3. The average Bonchev–Trinajstić information content (AvgIpc) is 2.76. The van der Waals surface area contributed by atoms with Crippen LogP contribution in [0.15, 0.2) is 30.3 Å². The number of urea groups is 1. The summed E-state index contributed by atoms with van der Waals surface area (Å²) in [6.07, 6.45) is 0. The van der Waals surface area contributed by atoms with Gasteiger partial charge in [-0.1, -0.05) is 30.3 Å². The van der Waals surface area contributed by atoms with Crippen molar-refractivity contribution in [2.75, 3.05) is 26.7 Å².